The molecule has 0 radical (unpaired) electrons. The summed E-state index contributed by atoms with van der Waals surface area (Å²) < 4.78 is 7.82. The van der Waals surface area contributed by atoms with Crippen LogP contribution in [0.1, 0.15) is 63.3 Å². The SMILES string of the molecule is CC(C)C[C@H]1COc2ccc(cc2)C[C@H](NC(=O)CCc2ccnn2C)C(=O)N[C@H](C)C(=O)NC2(CC2)C(=O)N[C@H](Cc2ccccc2)C(=O)N1. The molecule has 5 amide bonds. The van der Waals surface area contributed by atoms with Gasteiger partial charge in [-0.1, -0.05) is 56.3 Å². The highest BCUT2D eigenvalue weighted by atomic mass is 16.5. The molecule has 3 aromatic rings. The Morgan fingerprint density at radius 1 is 0.961 bits per heavy atom. The van der Waals surface area contributed by atoms with E-state index in [1.165, 1.54) is 6.92 Å². The lowest BCUT2D eigenvalue weighted by molar-refractivity contribution is -0.135. The van der Waals surface area contributed by atoms with Gasteiger partial charge in [-0.3, -0.25) is 28.7 Å². The van der Waals surface area contributed by atoms with E-state index in [0.29, 0.717) is 31.4 Å². The standard InChI is InChI=1S/C38H49N7O6/c1-24(2)20-28-23-51-30-13-10-27(11-14-30)22-31(42-33(46)15-12-29-16-19-39-45(29)4)35(48)40-25(3)34(47)44-38(17-18-38)37(50)43-32(36(49)41-28)21-26-8-6-5-7-9-26/h5-11,13-14,16,19,24-25,28,31-32H,12,15,17-18,20-23H2,1-4H3,(H,40,48)(H,41,49)(H,42,46)(H,43,50)(H,44,47)/t25-,28+,31+,32-/m1/s1. The van der Waals surface area contributed by atoms with Crippen LogP contribution in [-0.4, -0.2) is 75.6 Å². The second kappa shape index (κ2) is 16.7. The van der Waals surface area contributed by atoms with Crippen molar-refractivity contribution < 1.29 is 28.7 Å². The van der Waals surface area contributed by atoms with Crippen molar-refractivity contribution in [1.82, 2.24) is 36.4 Å². The minimum absolute atomic E-state index is 0.142. The van der Waals surface area contributed by atoms with Crippen LogP contribution >= 0.6 is 0 Å². The Balaban J connectivity index is 1.38. The summed E-state index contributed by atoms with van der Waals surface area (Å²) in [6.45, 7) is 5.85. The van der Waals surface area contributed by atoms with Crippen molar-refractivity contribution in [2.24, 2.45) is 13.0 Å². The monoisotopic (exact) mass is 699 g/mol. The van der Waals surface area contributed by atoms with Crippen LogP contribution in [0, 0.1) is 5.92 Å². The lowest BCUT2D eigenvalue weighted by Gasteiger charge is -2.27. The minimum atomic E-state index is -1.20. The van der Waals surface area contributed by atoms with Gasteiger partial charge in [-0.05, 0) is 67.9 Å². The highest BCUT2D eigenvalue weighted by Gasteiger charge is 2.52. The highest BCUT2D eigenvalue weighted by molar-refractivity contribution is 5.99. The fourth-order valence-electron chi connectivity index (χ4n) is 6.17. The van der Waals surface area contributed by atoms with Crippen LogP contribution in [0.4, 0.5) is 0 Å². The Labute approximate surface area is 298 Å². The van der Waals surface area contributed by atoms with Crippen LogP contribution in [0.15, 0.2) is 66.9 Å². The summed E-state index contributed by atoms with van der Waals surface area (Å²) in [5, 5.41) is 18.6. The molecule has 1 aromatic heterocycles. The molecule has 2 bridgehead atoms. The summed E-state index contributed by atoms with van der Waals surface area (Å²) in [4.78, 5) is 67.6. The van der Waals surface area contributed by atoms with Crippen molar-refractivity contribution in [2.75, 3.05) is 6.61 Å². The van der Waals surface area contributed by atoms with E-state index in [4.69, 9.17) is 4.74 Å². The second-order valence-corrected chi connectivity index (χ2v) is 14.1. The molecule has 1 aliphatic carbocycles. The largest absolute Gasteiger partial charge is 0.491 e. The van der Waals surface area contributed by atoms with E-state index in [2.05, 4.69) is 45.5 Å². The summed E-state index contributed by atoms with van der Waals surface area (Å²) in [6.07, 6.45) is 4.08. The third kappa shape index (κ3) is 10.4. The third-order valence-corrected chi connectivity index (χ3v) is 9.30. The van der Waals surface area contributed by atoms with Gasteiger partial charge in [-0.25, -0.2) is 0 Å². The molecule has 51 heavy (non-hydrogen) atoms. The molecule has 0 unspecified atom stereocenters. The Morgan fingerprint density at radius 2 is 1.69 bits per heavy atom. The molecule has 1 saturated carbocycles. The number of nitrogens with one attached hydrogen (secondary N) is 5. The molecule has 1 spiro atoms. The van der Waals surface area contributed by atoms with Crippen LogP contribution < -0.4 is 31.3 Å². The van der Waals surface area contributed by atoms with Crippen LogP contribution in [0.2, 0.25) is 0 Å². The van der Waals surface area contributed by atoms with Gasteiger partial charge >= 0.3 is 0 Å². The maximum atomic E-state index is 13.8. The first kappa shape index (κ1) is 37.1. The van der Waals surface area contributed by atoms with E-state index in [-0.39, 0.29) is 49.6 Å². The van der Waals surface area contributed by atoms with Gasteiger partial charge in [0, 0.05) is 38.2 Å². The summed E-state index contributed by atoms with van der Waals surface area (Å²) >= 11 is 0. The van der Waals surface area contributed by atoms with E-state index in [1.807, 2.05) is 48.5 Å². The van der Waals surface area contributed by atoms with Gasteiger partial charge < -0.3 is 31.3 Å². The van der Waals surface area contributed by atoms with Gasteiger partial charge in [-0.2, -0.15) is 5.10 Å². The average Bonchev–Trinajstić information content (AvgIpc) is 3.77. The fraction of sp³-hybridized carbons (Fsp3) is 0.474. The van der Waals surface area contributed by atoms with E-state index in [0.717, 1.165) is 16.8 Å². The smallest absolute Gasteiger partial charge is 0.246 e. The predicted molar refractivity (Wildman–Crippen MR) is 190 cm³/mol. The predicted octanol–water partition coefficient (Wildman–Crippen LogP) is 1.88. The van der Waals surface area contributed by atoms with Crippen LogP contribution in [0.3, 0.4) is 0 Å². The lowest BCUT2D eigenvalue weighted by Crippen LogP contribution is -2.59. The number of carbonyl (C=O) groups excluding carboxylic acids is 5. The zero-order valence-corrected chi connectivity index (χ0v) is 29.7. The molecule has 272 valence electrons. The first-order valence-corrected chi connectivity index (χ1v) is 17.7. The van der Waals surface area contributed by atoms with Crippen molar-refractivity contribution in [3.8, 4) is 5.75 Å². The van der Waals surface area contributed by atoms with Crippen LogP contribution in [-0.2, 0) is 50.3 Å². The first-order chi connectivity index (χ1) is 24.4. The quantitative estimate of drug-likeness (QED) is 0.224. The van der Waals surface area contributed by atoms with Gasteiger partial charge in [0.05, 0.1) is 6.04 Å². The number of amides is 5. The zero-order chi connectivity index (χ0) is 36.5. The van der Waals surface area contributed by atoms with Crippen LogP contribution in [0.25, 0.3) is 0 Å². The molecule has 13 nitrogen and oxygen atoms in total. The van der Waals surface area contributed by atoms with Crippen molar-refractivity contribution in [3.05, 3.63) is 83.7 Å². The fourth-order valence-corrected chi connectivity index (χ4v) is 6.17. The summed E-state index contributed by atoms with van der Waals surface area (Å²) in [7, 11) is 1.80. The maximum Gasteiger partial charge on any atom is 0.246 e. The molecule has 1 fully saturated rings. The Hall–Kier alpha value is -5.20. The van der Waals surface area contributed by atoms with Crippen molar-refractivity contribution in [3.63, 3.8) is 0 Å². The maximum absolute atomic E-state index is 13.8. The number of fused-ring (bicyclic) bond motifs is 15. The van der Waals surface area contributed by atoms with E-state index in [9.17, 15) is 24.0 Å². The highest BCUT2D eigenvalue weighted by Crippen LogP contribution is 2.36. The number of hydrogen-bond donors (Lipinski definition) is 5. The van der Waals surface area contributed by atoms with E-state index < -0.39 is 41.4 Å². The molecular formula is C38H49N7O6. The lowest BCUT2D eigenvalue weighted by atomic mass is 10.0. The number of aromatic nitrogens is 2. The third-order valence-electron chi connectivity index (χ3n) is 9.30. The number of hydrogen-bond acceptors (Lipinski definition) is 7. The summed E-state index contributed by atoms with van der Waals surface area (Å²) in [6, 6.07) is 15.2. The number of rotatable bonds is 8. The van der Waals surface area contributed by atoms with Gasteiger partial charge in [0.15, 0.2) is 0 Å². The Bertz CT molecular complexity index is 1690. The first-order valence-electron chi connectivity index (χ1n) is 17.7. The minimum Gasteiger partial charge on any atom is -0.491 e. The Morgan fingerprint density at radius 3 is 2.33 bits per heavy atom. The molecular weight excluding hydrogens is 650 g/mol. The van der Waals surface area contributed by atoms with Gasteiger partial charge in [0.25, 0.3) is 0 Å². The topological polar surface area (TPSA) is 173 Å². The molecule has 13 heteroatoms. The molecule has 4 atom stereocenters. The Kier molecular flexibility index (Phi) is 12.1. The molecule has 2 aromatic carbocycles. The second-order valence-electron chi connectivity index (χ2n) is 14.1. The average molecular weight is 700 g/mol. The van der Waals surface area contributed by atoms with Gasteiger partial charge in [0.2, 0.25) is 29.5 Å². The molecule has 3 aliphatic rings. The zero-order valence-electron chi connectivity index (χ0n) is 29.7. The number of benzene rings is 2. The summed E-state index contributed by atoms with van der Waals surface area (Å²) in [5.41, 5.74) is 1.32. The molecule has 3 heterocycles. The number of nitrogens with zero attached hydrogens (tertiary/aromatic N) is 2. The number of carbonyl (C=O) groups is 5. The molecule has 2 aliphatic heterocycles. The molecule has 5 N–H and O–H groups in total. The normalized spacial score (nSPS) is 22.7. The van der Waals surface area contributed by atoms with Crippen LogP contribution in [0.5, 0.6) is 5.75 Å². The van der Waals surface area contributed by atoms with Gasteiger partial charge in [0.1, 0.15) is 36.0 Å². The number of ether oxygens (including phenoxy) is 1. The van der Waals surface area contributed by atoms with Crippen molar-refractivity contribution in [1.29, 1.82) is 0 Å². The van der Waals surface area contributed by atoms with E-state index >= 15 is 0 Å². The van der Waals surface area contributed by atoms with Gasteiger partial charge in [-0.15, -0.1) is 0 Å². The molecule has 6 rings (SSSR count). The van der Waals surface area contributed by atoms with Crippen molar-refractivity contribution >= 4 is 29.5 Å². The molecule has 0 saturated heterocycles. The number of aryl methyl sites for hydroxylation is 2. The van der Waals surface area contributed by atoms with E-state index in [1.54, 1.807) is 30.1 Å². The van der Waals surface area contributed by atoms with Crippen molar-refractivity contribution in [2.45, 2.75) is 95.4 Å². The summed E-state index contributed by atoms with van der Waals surface area (Å²) in [5.74, 6) is -1.38.